The lowest BCUT2D eigenvalue weighted by Gasteiger charge is -2.16. The van der Waals surface area contributed by atoms with Crippen molar-refractivity contribution in [1.29, 1.82) is 0 Å². The molecule has 0 radical (unpaired) electrons. The van der Waals surface area contributed by atoms with Crippen LogP contribution in [0.5, 0.6) is 0 Å². The van der Waals surface area contributed by atoms with Crippen LogP contribution in [0.15, 0.2) is 35.1 Å². The van der Waals surface area contributed by atoms with Crippen molar-refractivity contribution in [1.82, 2.24) is 15.1 Å². The Balaban J connectivity index is 1.54. The van der Waals surface area contributed by atoms with E-state index < -0.39 is 6.10 Å². The Kier molecular flexibility index (Phi) is 4.81. The van der Waals surface area contributed by atoms with Gasteiger partial charge < -0.3 is 14.8 Å². The first-order chi connectivity index (χ1) is 11.1. The van der Waals surface area contributed by atoms with Crippen molar-refractivity contribution >= 4 is 5.91 Å². The van der Waals surface area contributed by atoms with Gasteiger partial charge in [0.25, 0.3) is 5.91 Å². The smallest absolute Gasteiger partial charge is 0.271 e. The van der Waals surface area contributed by atoms with E-state index in [4.69, 9.17) is 4.42 Å². The number of rotatable bonds is 6. The van der Waals surface area contributed by atoms with Crippen LogP contribution in [0.3, 0.4) is 0 Å². The number of carbonyl (C=O) groups excluding carboxylic acids is 1. The number of nitrogens with one attached hydrogen (secondary N) is 1. The van der Waals surface area contributed by atoms with Crippen LogP contribution in [0.25, 0.3) is 0 Å². The average molecular weight is 317 g/mol. The van der Waals surface area contributed by atoms with Gasteiger partial charge >= 0.3 is 0 Å². The van der Waals surface area contributed by atoms with Gasteiger partial charge in [-0.15, -0.1) is 0 Å². The monoisotopic (exact) mass is 317 g/mol. The number of amides is 1. The van der Waals surface area contributed by atoms with Crippen LogP contribution in [0, 0.1) is 0 Å². The lowest BCUT2D eigenvalue weighted by Crippen LogP contribution is -2.34. The first-order valence-corrected chi connectivity index (χ1v) is 8.21. The molecule has 0 aromatic carbocycles. The molecule has 0 aliphatic heterocycles. The molecule has 6 heteroatoms. The van der Waals surface area contributed by atoms with E-state index in [1.807, 2.05) is 17.8 Å². The van der Waals surface area contributed by atoms with Gasteiger partial charge in [0, 0.05) is 18.7 Å². The SMILES string of the molecule is C[C@@H](C[C@H](O)c1ccco1)NC(=O)c1ccn(C2CCCC2)n1. The van der Waals surface area contributed by atoms with Gasteiger partial charge in [0.15, 0.2) is 0 Å². The summed E-state index contributed by atoms with van der Waals surface area (Å²) in [5, 5.41) is 17.3. The van der Waals surface area contributed by atoms with Crippen molar-refractivity contribution in [2.45, 2.75) is 57.2 Å². The van der Waals surface area contributed by atoms with Gasteiger partial charge in [-0.05, 0) is 38.0 Å². The van der Waals surface area contributed by atoms with Gasteiger partial charge in [-0.2, -0.15) is 5.10 Å². The summed E-state index contributed by atoms with van der Waals surface area (Å²) in [6.07, 6.45) is 7.80. The van der Waals surface area contributed by atoms with Gasteiger partial charge in [0.05, 0.1) is 12.3 Å². The maximum absolute atomic E-state index is 12.3. The summed E-state index contributed by atoms with van der Waals surface area (Å²) in [6, 6.07) is 5.46. The molecule has 0 saturated heterocycles. The highest BCUT2D eigenvalue weighted by Gasteiger charge is 2.21. The highest BCUT2D eigenvalue weighted by molar-refractivity contribution is 5.92. The van der Waals surface area contributed by atoms with E-state index in [1.165, 1.54) is 19.1 Å². The van der Waals surface area contributed by atoms with E-state index in [1.54, 1.807) is 18.2 Å². The fourth-order valence-corrected chi connectivity index (χ4v) is 3.12. The topological polar surface area (TPSA) is 80.3 Å². The van der Waals surface area contributed by atoms with Crippen LogP contribution in [0.1, 0.15) is 67.4 Å². The quantitative estimate of drug-likeness (QED) is 0.858. The molecule has 0 unspecified atom stereocenters. The van der Waals surface area contributed by atoms with Gasteiger partial charge in [-0.25, -0.2) is 0 Å². The number of furan rings is 1. The van der Waals surface area contributed by atoms with Crippen molar-refractivity contribution < 1.29 is 14.3 Å². The van der Waals surface area contributed by atoms with E-state index in [0.717, 1.165) is 12.8 Å². The molecule has 23 heavy (non-hydrogen) atoms. The van der Waals surface area contributed by atoms with Crippen LogP contribution >= 0.6 is 0 Å². The fraction of sp³-hybridized carbons (Fsp3) is 0.529. The van der Waals surface area contributed by atoms with E-state index in [9.17, 15) is 9.90 Å². The second-order valence-electron chi connectivity index (χ2n) is 6.26. The Morgan fingerprint density at radius 1 is 1.48 bits per heavy atom. The Morgan fingerprint density at radius 2 is 2.26 bits per heavy atom. The normalized spacial score (nSPS) is 18.0. The Bertz CT molecular complexity index is 629. The molecule has 2 atom stereocenters. The van der Waals surface area contributed by atoms with Gasteiger partial charge in [-0.3, -0.25) is 9.48 Å². The summed E-state index contributed by atoms with van der Waals surface area (Å²) in [5.41, 5.74) is 0.427. The Labute approximate surface area is 135 Å². The molecule has 1 amide bonds. The van der Waals surface area contributed by atoms with Crippen molar-refractivity contribution in [3.8, 4) is 0 Å². The zero-order chi connectivity index (χ0) is 16.2. The summed E-state index contributed by atoms with van der Waals surface area (Å²) >= 11 is 0. The highest BCUT2D eigenvalue weighted by Crippen LogP contribution is 2.28. The number of aliphatic hydroxyl groups is 1. The molecular weight excluding hydrogens is 294 g/mol. The molecular formula is C17H23N3O3. The van der Waals surface area contributed by atoms with Gasteiger partial charge in [0.2, 0.25) is 0 Å². The minimum absolute atomic E-state index is 0.181. The summed E-state index contributed by atoms with van der Waals surface area (Å²) < 4.78 is 7.07. The molecule has 3 rings (SSSR count). The van der Waals surface area contributed by atoms with Crippen LogP contribution in [-0.2, 0) is 0 Å². The molecule has 1 saturated carbocycles. The Morgan fingerprint density at radius 3 is 2.96 bits per heavy atom. The first kappa shape index (κ1) is 15.8. The number of nitrogens with zero attached hydrogens (tertiary/aromatic N) is 2. The molecule has 124 valence electrons. The average Bonchev–Trinajstić information content (AvgIpc) is 3.27. The number of hydrogen-bond donors (Lipinski definition) is 2. The zero-order valence-electron chi connectivity index (χ0n) is 13.3. The molecule has 1 aliphatic rings. The number of carbonyl (C=O) groups is 1. The second-order valence-corrected chi connectivity index (χ2v) is 6.26. The summed E-state index contributed by atoms with van der Waals surface area (Å²) in [7, 11) is 0. The zero-order valence-corrected chi connectivity index (χ0v) is 13.3. The molecule has 0 spiro atoms. The molecule has 2 aromatic heterocycles. The maximum Gasteiger partial charge on any atom is 0.271 e. The molecule has 0 bridgehead atoms. The van der Waals surface area contributed by atoms with Crippen molar-refractivity contribution in [3.63, 3.8) is 0 Å². The molecule has 1 aliphatic carbocycles. The first-order valence-electron chi connectivity index (χ1n) is 8.21. The van der Waals surface area contributed by atoms with Gasteiger partial charge in [-0.1, -0.05) is 12.8 Å². The number of hydrogen-bond acceptors (Lipinski definition) is 4. The number of aliphatic hydroxyl groups excluding tert-OH is 1. The second kappa shape index (κ2) is 7.00. The van der Waals surface area contributed by atoms with Crippen molar-refractivity contribution in [2.24, 2.45) is 0 Å². The van der Waals surface area contributed by atoms with E-state index in [2.05, 4.69) is 10.4 Å². The Hall–Kier alpha value is -2.08. The van der Waals surface area contributed by atoms with Crippen LogP contribution < -0.4 is 5.32 Å². The highest BCUT2D eigenvalue weighted by atomic mass is 16.4. The minimum Gasteiger partial charge on any atom is -0.467 e. The largest absolute Gasteiger partial charge is 0.467 e. The van der Waals surface area contributed by atoms with E-state index >= 15 is 0 Å². The molecule has 2 aromatic rings. The minimum atomic E-state index is -0.726. The van der Waals surface area contributed by atoms with Crippen molar-refractivity contribution in [2.75, 3.05) is 0 Å². The summed E-state index contributed by atoms with van der Waals surface area (Å²) in [6.45, 7) is 1.86. The van der Waals surface area contributed by atoms with Crippen LogP contribution in [0.4, 0.5) is 0 Å². The summed E-state index contributed by atoms with van der Waals surface area (Å²) in [4.78, 5) is 12.3. The lowest BCUT2D eigenvalue weighted by molar-refractivity contribution is 0.0897. The van der Waals surface area contributed by atoms with Crippen LogP contribution in [0.2, 0.25) is 0 Å². The third-order valence-corrected chi connectivity index (χ3v) is 4.37. The molecule has 2 N–H and O–H groups in total. The predicted molar refractivity (Wildman–Crippen MR) is 84.9 cm³/mol. The third kappa shape index (κ3) is 3.82. The van der Waals surface area contributed by atoms with Crippen molar-refractivity contribution in [3.05, 3.63) is 42.1 Å². The van der Waals surface area contributed by atoms with E-state index in [-0.39, 0.29) is 11.9 Å². The molecule has 1 fully saturated rings. The standard InChI is InChI=1S/C17H23N3O3/c1-12(11-15(21)16-7-4-10-23-16)18-17(22)14-8-9-20(19-14)13-5-2-3-6-13/h4,7-10,12-13,15,21H,2-3,5-6,11H2,1H3,(H,18,22)/t12-,15-/m0/s1. The lowest BCUT2D eigenvalue weighted by atomic mass is 10.1. The van der Waals surface area contributed by atoms with E-state index in [0.29, 0.717) is 23.9 Å². The summed E-state index contributed by atoms with van der Waals surface area (Å²) in [5.74, 6) is 0.303. The van der Waals surface area contributed by atoms with Crippen LogP contribution in [-0.4, -0.2) is 26.8 Å². The fourth-order valence-electron chi connectivity index (χ4n) is 3.12. The predicted octanol–water partition coefficient (Wildman–Crippen LogP) is 2.83. The third-order valence-electron chi connectivity index (χ3n) is 4.37. The molecule has 2 heterocycles. The molecule has 6 nitrogen and oxygen atoms in total. The maximum atomic E-state index is 12.3. The van der Waals surface area contributed by atoms with Gasteiger partial charge in [0.1, 0.15) is 17.6 Å². The number of aromatic nitrogens is 2.